The number of nitrogens with zero attached hydrogens (tertiary/aromatic N) is 1. The minimum absolute atomic E-state index is 0.0709. The van der Waals surface area contributed by atoms with E-state index in [9.17, 15) is 4.79 Å². The van der Waals surface area contributed by atoms with Gasteiger partial charge in [-0.05, 0) is 13.8 Å². The fourth-order valence-corrected chi connectivity index (χ4v) is 2.30. The molecule has 102 valence electrons. The molecule has 1 unspecified atom stereocenters. The molecule has 0 saturated carbocycles. The molecule has 0 amide bonds. The fraction of sp³-hybridized carbons (Fsp3) is 0.692. The van der Waals surface area contributed by atoms with E-state index < -0.39 is 0 Å². The van der Waals surface area contributed by atoms with Crippen molar-refractivity contribution in [1.82, 2.24) is 10.3 Å². The molecule has 1 rings (SSSR count). The van der Waals surface area contributed by atoms with Crippen LogP contribution < -0.4 is 5.32 Å². The standard InChI is InChI=1S/C13H22N2O2S/c1-6-17-12(16)9(2)14-7-11-15-10(8-18-11)13(3,4)5/h8-9,14H,6-7H2,1-5H3. The minimum atomic E-state index is -0.299. The van der Waals surface area contributed by atoms with Crippen LogP contribution in [0, 0.1) is 0 Å². The summed E-state index contributed by atoms with van der Waals surface area (Å²) in [4.78, 5) is 16.0. The van der Waals surface area contributed by atoms with E-state index in [0.29, 0.717) is 13.2 Å². The molecule has 0 aliphatic rings. The van der Waals surface area contributed by atoms with Crippen molar-refractivity contribution in [2.75, 3.05) is 6.61 Å². The van der Waals surface area contributed by atoms with Crippen LogP contribution in [-0.2, 0) is 21.5 Å². The Morgan fingerprint density at radius 3 is 2.72 bits per heavy atom. The van der Waals surface area contributed by atoms with Gasteiger partial charge < -0.3 is 4.74 Å². The van der Waals surface area contributed by atoms with E-state index in [1.165, 1.54) is 0 Å². The Morgan fingerprint density at radius 1 is 1.56 bits per heavy atom. The predicted octanol–water partition coefficient (Wildman–Crippen LogP) is 2.48. The zero-order valence-electron chi connectivity index (χ0n) is 11.7. The van der Waals surface area contributed by atoms with E-state index in [-0.39, 0.29) is 17.4 Å². The maximum absolute atomic E-state index is 11.4. The molecule has 0 bridgehead atoms. The van der Waals surface area contributed by atoms with Crippen LogP contribution in [0.2, 0.25) is 0 Å². The second-order valence-corrected chi connectivity index (χ2v) is 6.17. The molecule has 0 aromatic carbocycles. The highest BCUT2D eigenvalue weighted by Gasteiger charge is 2.18. The normalized spacial score (nSPS) is 13.4. The number of hydrogen-bond donors (Lipinski definition) is 1. The average molecular weight is 270 g/mol. The number of carbonyl (C=O) groups excluding carboxylic acids is 1. The molecular formula is C13H22N2O2S. The molecule has 1 N–H and O–H groups in total. The monoisotopic (exact) mass is 270 g/mol. The predicted molar refractivity (Wildman–Crippen MR) is 73.7 cm³/mol. The van der Waals surface area contributed by atoms with Gasteiger partial charge in [-0.3, -0.25) is 10.1 Å². The van der Waals surface area contributed by atoms with Gasteiger partial charge in [0.2, 0.25) is 0 Å². The maximum Gasteiger partial charge on any atom is 0.322 e. The largest absolute Gasteiger partial charge is 0.465 e. The second-order valence-electron chi connectivity index (χ2n) is 5.23. The number of nitrogens with one attached hydrogen (secondary N) is 1. The number of ether oxygens (including phenoxy) is 1. The van der Waals surface area contributed by atoms with Gasteiger partial charge in [0.25, 0.3) is 0 Å². The van der Waals surface area contributed by atoms with Crippen LogP contribution in [0.5, 0.6) is 0 Å². The molecule has 0 aliphatic carbocycles. The molecule has 0 radical (unpaired) electrons. The van der Waals surface area contributed by atoms with Gasteiger partial charge in [0.1, 0.15) is 11.0 Å². The van der Waals surface area contributed by atoms with Crippen molar-refractivity contribution < 1.29 is 9.53 Å². The maximum atomic E-state index is 11.4. The summed E-state index contributed by atoms with van der Waals surface area (Å²) in [6.07, 6.45) is 0. The summed E-state index contributed by atoms with van der Waals surface area (Å²) >= 11 is 1.62. The number of rotatable bonds is 5. The summed E-state index contributed by atoms with van der Waals surface area (Å²) in [5.41, 5.74) is 1.16. The molecule has 1 aromatic heterocycles. The molecule has 0 aliphatic heterocycles. The summed E-state index contributed by atoms with van der Waals surface area (Å²) in [7, 11) is 0. The van der Waals surface area contributed by atoms with Gasteiger partial charge in [0, 0.05) is 17.3 Å². The lowest BCUT2D eigenvalue weighted by molar-refractivity contribution is -0.145. The average Bonchev–Trinajstić information content (AvgIpc) is 2.74. The third-order valence-electron chi connectivity index (χ3n) is 2.52. The van der Waals surface area contributed by atoms with Crippen molar-refractivity contribution in [1.29, 1.82) is 0 Å². The molecule has 0 spiro atoms. The molecule has 0 saturated heterocycles. The first-order chi connectivity index (χ1) is 8.34. The van der Waals surface area contributed by atoms with Crippen LogP contribution in [0.3, 0.4) is 0 Å². The zero-order chi connectivity index (χ0) is 13.8. The molecule has 1 atom stereocenters. The SMILES string of the molecule is CCOC(=O)C(C)NCc1nc(C(C)(C)C)cs1. The van der Waals surface area contributed by atoms with Gasteiger partial charge in [0.05, 0.1) is 12.3 Å². The number of esters is 1. The summed E-state index contributed by atoms with van der Waals surface area (Å²) in [5.74, 6) is -0.217. The van der Waals surface area contributed by atoms with Crippen molar-refractivity contribution in [3.63, 3.8) is 0 Å². The fourth-order valence-electron chi connectivity index (χ4n) is 1.33. The van der Waals surface area contributed by atoms with Gasteiger partial charge in [-0.15, -0.1) is 11.3 Å². The lowest BCUT2D eigenvalue weighted by Crippen LogP contribution is -2.34. The molecule has 4 nitrogen and oxygen atoms in total. The molecule has 0 fully saturated rings. The van der Waals surface area contributed by atoms with Gasteiger partial charge in [0.15, 0.2) is 0 Å². The Kier molecular flexibility index (Phi) is 5.28. The highest BCUT2D eigenvalue weighted by Crippen LogP contribution is 2.23. The molecule has 18 heavy (non-hydrogen) atoms. The van der Waals surface area contributed by atoms with E-state index in [1.807, 2.05) is 0 Å². The van der Waals surface area contributed by atoms with Gasteiger partial charge in [-0.1, -0.05) is 20.8 Å². The number of hydrogen-bond acceptors (Lipinski definition) is 5. The highest BCUT2D eigenvalue weighted by atomic mass is 32.1. The van der Waals surface area contributed by atoms with Crippen molar-refractivity contribution >= 4 is 17.3 Å². The number of aromatic nitrogens is 1. The Morgan fingerprint density at radius 2 is 2.22 bits per heavy atom. The van der Waals surface area contributed by atoms with Gasteiger partial charge in [-0.2, -0.15) is 0 Å². The molecular weight excluding hydrogens is 248 g/mol. The smallest absolute Gasteiger partial charge is 0.322 e. The number of carbonyl (C=O) groups is 1. The van der Waals surface area contributed by atoms with Crippen molar-refractivity contribution in [2.24, 2.45) is 0 Å². The third-order valence-corrected chi connectivity index (χ3v) is 3.37. The Labute approximate surface area is 113 Å². The van der Waals surface area contributed by atoms with E-state index in [0.717, 1.165) is 10.7 Å². The van der Waals surface area contributed by atoms with E-state index in [2.05, 4.69) is 36.5 Å². The second kappa shape index (κ2) is 6.29. The van der Waals surface area contributed by atoms with Gasteiger partial charge in [-0.25, -0.2) is 4.98 Å². The summed E-state index contributed by atoms with van der Waals surface area (Å²) in [6.45, 7) is 11.0. The van der Waals surface area contributed by atoms with Crippen molar-refractivity contribution in [3.05, 3.63) is 16.1 Å². The summed E-state index contributed by atoms with van der Waals surface area (Å²) in [5, 5.41) is 6.19. The van der Waals surface area contributed by atoms with Crippen LogP contribution in [0.25, 0.3) is 0 Å². The summed E-state index contributed by atoms with van der Waals surface area (Å²) in [6, 6.07) is -0.299. The number of thiazole rings is 1. The highest BCUT2D eigenvalue weighted by molar-refractivity contribution is 7.09. The van der Waals surface area contributed by atoms with Crippen LogP contribution in [0.4, 0.5) is 0 Å². The molecule has 1 heterocycles. The lowest BCUT2D eigenvalue weighted by Gasteiger charge is -2.14. The third kappa shape index (κ3) is 4.38. The summed E-state index contributed by atoms with van der Waals surface area (Å²) < 4.78 is 4.93. The van der Waals surface area contributed by atoms with E-state index in [1.54, 1.807) is 25.2 Å². The van der Waals surface area contributed by atoms with Crippen LogP contribution in [-0.4, -0.2) is 23.6 Å². The first kappa shape index (κ1) is 15.1. The van der Waals surface area contributed by atoms with Crippen molar-refractivity contribution in [2.45, 2.75) is 52.6 Å². The molecule has 1 aromatic rings. The zero-order valence-corrected chi connectivity index (χ0v) is 12.6. The van der Waals surface area contributed by atoms with Crippen LogP contribution in [0.1, 0.15) is 45.3 Å². The van der Waals surface area contributed by atoms with Crippen molar-refractivity contribution in [3.8, 4) is 0 Å². The Balaban J connectivity index is 2.49. The first-order valence-corrected chi connectivity index (χ1v) is 7.07. The lowest BCUT2D eigenvalue weighted by atomic mass is 9.93. The quantitative estimate of drug-likeness (QED) is 0.835. The Hall–Kier alpha value is -0.940. The van der Waals surface area contributed by atoms with E-state index >= 15 is 0 Å². The minimum Gasteiger partial charge on any atom is -0.465 e. The topological polar surface area (TPSA) is 51.2 Å². The van der Waals surface area contributed by atoms with Crippen LogP contribution in [0.15, 0.2) is 5.38 Å². The van der Waals surface area contributed by atoms with Crippen LogP contribution >= 0.6 is 11.3 Å². The Bertz CT molecular complexity index is 396. The first-order valence-electron chi connectivity index (χ1n) is 6.19. The molecule has 5 heteroatoms. The van der Waals surface area contributed by atoms with E-state index in [4.69, 9.17) is 4.74 Å². The van der Waals surface area contributed by atoms with Gasteiger partial charge >= 0.3 is 5.97 Å².